The molecule has 7 nitrogen and oxygen atoms in total. The van der Waals surface area contributed by atoms with Gasteiger partial charge in [-0.25, -0.2) is 9.78 Å². The monoisotopic (exact) mass is 448 g/mol. The average Bonchev–Trinajstić information content (AvgIpc) is 3.23. The zero-order chi connectivity index (χ0) is 22.2. The third kappa shape index (κ3) is 6.05. The first-order chi connectivity index (χ1) is 15.7. The van der Waals surface area contributed by atoms with Gasteiger partial charge in [0.25, 0.3) is 5.91 Å². The average molecular weight is 449 g/mol. The number of carbonyl (C=O) groups excluding carboxylic acids is 2. The van der Waals surface area contributed by atoms with E-state index in [0.29, 0.717) is 23.2 Å². The number of ether oxygens (including phenoxy) is 3. The Bertz CT molecular complexity index is 1160. The zero-order valence-electron chi connectivity index (χ0n) is 17.0. The Morgan fingerprint density at radius 2 is 1.50 bits per heavy atom. The molecule has 162 valence electrons. The molecule has 0 aliphatic heterocycles. The number of aromatic nitrogens is 1. The van der Waals surface area contributed by atoms with Crippen LogP contribution < -0.4 is 14.8 Å². The van der Waals surface area contributed by atoms with Crippen LogP contribution in [0.1, 0.15) is 5.56 Å². The van der Waals surface area contributed by atoms with Gasteiger partial charge < -0.3 is 14.2 Å². The van der Waals surface area contributed by atoms with Crippen molar-refractivity contribution in [1.29, 1.82) is 0 Å². The predicted octanol–water partition coefficient (Wildman–Crippen LogP) is 4.44. The van der Waals surface area contributed by atoms with Crippen molar-refractivity contribution in [2.45, 2.75) is 6.61 Å². The standard InChI is InChI=1S/C24H20N2O5S/c27-22(26-24-25-20-8-4-5-9-21(20)32-24)15-31-23(28)16-30-19-12-10-18(11-13-19)29-14-17-6-2-1-3-7-17/h1-13H,14-16H2,(H,25,26,27). The number of amides is 1. The Kier molecular flexibility index (Phi) is 6.94. The molecule has 0 unspecified atom stereocenters. The molecule has 0 spiro atoms. The zero-order valence-corrected chi connectivity index (χ0v) is 17.8. The van der Waals surface area contributed by atoms with Crippen molar-refractivity contribution >= 4 is 38.6 Å². The molecular weight excluding hydrogens is 428 g/mol. The summed E-state index contributed by atoms with van der Waals surface area (Å²) < 4.78 is 17.0. The first-order valence-corrected chi connectivity index (χ1v) is 10.7. The van der Waals surface area contributed by atoms with E-state index in [2.05, 4.69) is 10.3 Å². The number of nitrogens with one attached hydrogen (secondary N) is 1. The third-order valence-electron chi connectivity index (χ3n) is 4.33. The molecule has 0 bridgehead atoms. The van der Waals surface area contributed by atoms with E-state index in [1.165, 1.54) is 11.3 Å². The maximum absolute atomic E-state index is 12.0. The van der Waals surface area contributed by atoms with Crippen LogP contribution in [0, 0.1) is 0 Å². The van der Waals surface area contributed by atoms with Gasteiger partial charge in [-0.15, -0.1) is 0 Å². The van der Waals surface area contributed by atoms with E-state index in [1.54, 1.807) is 24.3 Å². The summed E-state index contributed by atoms with van der Waals surface area (Å²) in [6, 6.07) is 24.3. The molecule has 1 N–H and O–H groups in total. The summed E-state index contributed by atoms with van der Waals surface area (Å²) in [4.78, 5) is 28.2. The summed E-state index contributed by atoms with van der Waals surface area (Å²) in [5, 5.41) is 3.08. The van der Waals surface area contributed by atoms with E-state index in [4.69, 9.17) is 14.2 Å². The first-order valence-electron chi connectivity index (χ1n) is 9.86. The number of carbonyl (C=O) groups is 2. The van der Waals surface area contributed by atoms with E-state index in [0.717, 1.165) is 15.8 Å². The molecule has 8 heteroatoms. The second-order valence-electron chi connectivity index (χ2n) is 6.73. The summed E-state index contributed by atoms with van der Waals surface area (Å²) in [5.41, 5.74) is 1.87. The minimum Gasteiger partial charge on any atom is -0.489 e. The van der Waals surface area contributed by atoms with Crippen molar-refractivity contribution in [2.75, 3.05) is 18.5 Å². The summed E-state index contributed by atoms with van der Waals surface area (Å²) >= 11 is 1.35. The van der Waals surface area contributed by atoms with Gasteiger partial charge in [0.1, 0.15) is 18.1 Å². The molecule has 0 radical (unpaired) electrons. The van der Waals surface area contributed by atoms with Gasteiger partial charge in [0, 0.05) is 0 Å². The highest BCUT2D eigenvalue weighted by molar-refractivity contribution is 7.22. The van der Waals surface area contributed by atoms with Gasteiger partial charge in [-0.3, -0.25) is 10.1 Å². The Morgan fingerprint density at radius 3 is 2.25 bits per heavy atom. The molecule has 4 rings (SSSR count). The topological polar surface area (TPSA) is 86.8 Å². The summed E-state index contributed by atoms with van der Waals surface area (Å²) in [6.45, 7) is -0.254. The normalized spacial score (nSPS) is 10.5. The highest BCUT2D eigenvalue weighted by Gasteiger charge is 2.11. The number of benzene rings is 3. The molecule has 0 atom stereocenters. The quantitative estimate of drug-likeness (QED) is 0.381. The predicted molar refractivity (Wildman–Crippen MR) is 122 cm³/mol. The number of fused-ring (bicyclic) bond motifs is 1. The first kappa shape index (κ1) is 21.3. The fourth-order valence-corrected chi connectivity index (χ4v) is 3.67. The van der Waals surface area contributed by atoms with Gasteiger partial charge in [-0.1, -0.05) is 53.8 Å². The number of anilines is 1. The van der Waals surface area contributed by atoms with Crippen molar-refractivity contribution in [2.24, 2.45) is 0 Å². The van der Waals surface area contributed by atoms with Gasteiger partial charge in [-0.05, 0) is 42.0 Å². The molecule has 1 amide bonds. The lowest BCUT2D eigenvalue weighted by atomic mass is 10.2. The Morgan fingerprint density at radius 1 is 0.812 bits per heavy atom. The van der Waals surface area contributed by atoms with Crippen LogP contribution in [0.15, 0.2) is 78.9 Å². The molecule has 0 saturated heterocycles. The van der Waals surface area contributed by atoms with Crippen molar-refractivity contribution in [3.63, 3.8) is 0 Å². The van der Waals surface area contributed by atoms with Gasteiger partial charge in [0.15, 0.2) is 18.3 Å². The van der Waals surface area contributed by atoms with E-state index >= 15 is 0 Å². The summed E-state index contributed by atoms with van der Waals surface area (Å²) in [6.07, 6.45) is 0. The molecule has 0 saturated carbocycles. The molecule has 1 aromatic heterocycles. The van der Waals surface area contributed by atoms with Gasteiger partial charge in [0.2, 0.25) is 0 Å². The number of esters is 1. The molecule has 0 aliphatic rings. The lowest BCUT2D eigenvalue weighted by molar-refractivity contribution is -0.149. The number of thiazole rings is 1. The van der Waals surface area contributed by atoms with E-state index in [-0.39, 0.29) is 6.61 Å². The van der Waals surface area contributed by atoms with E-state index in [1.807, 2.05) is 54.6 Å². The maximum atomic E-state index is 12.0. The molecular formula is C24H20N2O5S. The molecule has 4 aromatic rings. The number of rotatable bonds is 9. The lowest BCUT2D eigenvalue weighted by Crippen LogP contribution is -2.23. The van der Waals surface area contributed by atoms with Crippen LogP contribution in [0.4, 0.5) is 5.13 Å². The van der Waals surface area contributed by atoms with Crippen LogP contribution in [-0.2, 0) is 20.9 Å². The van der Waals surface area contributed by atoms with Gasteiger partial charge in [-0.2, -0.15) is 0 Å². The maximum Gasteiger partial charge on any atom is 0.344 e. The van der Waals surface area contributed by atoms with Crippen LogP contribution in [0.25, 0.3) is 10.2 Å². The van der Waals surface area contributed by atoms with Gasteiger partial charge >= 0.3 is 5.97 Å². The van der Waals surface area contributed by atoms with Crippen molar-refractivity contribution in [1.82, 2.24) is 4.98 Å². The molecule has 3 aromatic carbocycles. The molecule has 0 aliphatic carbocycles. The largest absolute Gasteiger partial charge is 0.489 e. The molecule has 1 heterocycles. The summed E-state index contributed by atoms with van der Waals surface area (Å²) in [7, 11) is 0. The van der Waals surface area contributed by atoms with E-state index < -0.39 is 18.5 Å². The smallest absolute Gasteiger partial charge is 0.344 e. The third-order valence-corrected chi connectivity index (χ3v) is 5.29. The van der Waals surface area contributed by atoms with Crippen LogP contribution >= 0.6 is 11.3 Å². The fraction of sp³-hybridized carbons (Fsp3) is 0.125. The second kappa shape index (κ2) is 10.4. The Hall–Kier alpha value is -3.91. The molecule has 0 fully saturated rings. The van der Waals surface area contributed by atoms with Crippen molar-refractivity contribution in [3.8, 4) is 11.5 Å². The number of para-hydroxylation sites is 1. The molecule has 32 heavy (non-hydrogen) atoms. The van der Waals surface area contributed by atoms with Crippen LogP contribution in [-0.4, -0.2) is 30.1 Å². The number of hydrogen-bond acceptors (Lipinski definition) is 7. The number of nitrogens with zero attached hydrogens (tertiary/aromatic N) is 1. The van der Waals surface area contributed by atoms with Gasteiger partial charge in [0.05, 0.1) is 10.2 Å². The fourth-order valence-electron chi connectivity index (χ4n) is 2.78. The summed E-state index contributed by atoms with van der Waals surface area (Å²) in [5.74, 6) is 0.0782. The van der Waals surface area contributed by atoms with Crippen molar-refractivity contribution < 1.29 is 23.8 Å². The number of hydrogen-bond donors (Lipinski definition) is 1. The van der Waals surface area contributed by atoms with Crippen LogP contribution in [0.3, 0.4) is 0 Å². The van der Waals surface area contributed by atoms with Crippen LogP contribution in [0.2, 0.25) is 0 Å². The Labute approximate surface area is 188 Å². The SMILES string of the molecule is O=C(COC(=O)COc1ccc(OCc2ccccc2)cc1)Nc1nc2ccccc2s1. The Balaban J connectivity index is 1.17. The highest BCUT2D eigenvalue weighted by Crippen LogP contribution is 2.25. The highest BCUT2D eigenvalue weighted by atomic mass is 32.1. The minimum atomic E-state index is -0.645. The van der Waals surface area contributed by atoms with Crippen LogP contribution in [0.5, 0.6) is 11.5 Å². The minimum absolute atomic E-state index is 0.307. The second-order valence-corrected chi connectivity index (χ2v) is 7.76. The van der Waals surface area contributed by atoms with E-state index in [9.17, 15) is 9.59 Å². The van der Waals surface area contributed by atoms with Crippen molar-refractivity contribution in [3.05, 3.63) is 84.4 Å². The lowest BCUT2D eigenvalue weighted by Gasteiger charge is -2.09.